The van der Waals surface area contributed by atoms with Gasteiger partial charge >= 0.3 is 6.29 Å². The Hall–Kier alpha value is -3.42. The fraction of sp³-hybridized carbons (Fsp3) is 0.238. The molecule has 1 amide bonds. The van der Waals surface area contributed by atoms with Crippen LogP contribution in [0.4, 0.5) is 14.5 Å². The predicted octanol–water partition coefficient (Wildman–Crippen LogP) is 5.18. The number of aliphatic hydroxyl groups excluding tert-OH is 1. The first-order valence-corrected chi connectivity index (χ1v) is 8.91. The molecule has 0 fully saturated rings. The van der Waals surface area contributed by atoms with Gasteiger partial charge in [0.1, 0.15) is 5.76 Å². The van der Waals surface area contributed by atoms with Crippen molar-refractivity contribution in [3.05, 3.63) is 53.3 Å². The summed E-state index contributed by atoms with van der Waals surface area (Å²) in [5.41, 5.74) is 2.57. The van der Waals surface area contributed by atoms with Crippen LogP contribution in [-0.4, -0.2) is 23.0 Å². The summed E-state index contributed by atoms with van der Waals surface area (Å²) in [6.45, 7) is 4.84. The number of benzene rings is 2. The minimum Gasteiger partial charge on any atom is -0.512 e. The standard InChI is InChI=1S/C21H20F2N2O4/c1-4-16(24)19(12(3)26)20(27)25-14-7-5-13(6-8-14)15-10-18-17(9-11(15)2)28-21(22,23)29-18/h5-10,24,26H,4H2,1-3H3,(H,25,27)/b19-12+,24-16?. The van der Waals surface area contributed by atoms with Gasteiger partial charge in [-0.25, -0.2) is 0 Å². The van der Waals surface area contributed by atoms with Gasteiger partial charge in [-0.05, 0) is 61.2 Å². The Balaban J connectivity index is 1.82. The lowest BCUT2D eigenvalue weighted by molar-refractivity contribution is -0.286. The van der Waals surface area contributed by atoms with Crippen molar-refractivity contribution >= 4 is 17.3 Å². The van der Waals surface area contributed by atoms with Crippen LogP contribution in [0.2, 0.25) is 0 Å². The number of nitrogens with one attached hydrogen (secondary N) is 2. The summed E-state index contributed by atoms with van der Waals surface area (Å²) in [7, 11) is 0. The van der Waals surface area contributed by atoms with Gasteiger partial charge in [0.05, 0.1) is 5.57 Å². The van der Waals surface area contributed by atoms with Crippen molar-refractivity contribution in [2.45, 2.75) is 33.5 Å². The molecule has 1 aliphatic heterocycles. The molecule has 2 aromatic carbocycles. The summed E-state index contributed by atoms with van der Waals surface area (Å²) in [4.78, 5) is 12.4. The zero-order valence-electron chi connectivity index (χ0n) is 16.1. The average Bonchev–Trinajstić information content (AvgIpc) is 2.94. The first-order chi connectivity index (χ1) is 13.6. The van der Waals surface area contributed by atoms with Gasteiger partial charge in [0.25, 0.3) is 5.91 Å². The quantitative estimate of drug-likeness (QED) is 0.365. The minimum absolute atomic E-state index is 0.0165. The van der Waals surface area contributed by atoms with E-state index in [1.807, 2.05) is 0 Å². The lowest BCUT2D eigenvalue weighted by Crippen LogP contribution is -2.25. The topological polar surface area (TPSA) is 91.6 Å². The molecule has 0 unspecified atom stereocenters. The maximum Gasteiger partial charge on any atom is 0.586 e. The first-order valence-electron chi connectivity index (χ1n) is 8.91. The number of halogens is 2. The van der Waals surface area contributed by atoms with Gasteiger partial charge in [-0.1, -0.05) is 19.1 Å². The fourth-order valence-corrected chi connectivity index (χ4v) is 3.03. The first kappa shape index (κ1) is 20.3. The van der Waals surface area contributed by atoms with Crippen LogP contribution in [0.1, 0.15) is 25.8 Å². The van der Waals surface area contributed by atoms with E-state index in [1.54, 1.807) is 38.1 Å². The van der Waals surface area contributed by atoms with Gasteiger partial charge in [0.2, 0.25) is 0 Å². The van der Waals surface area contributed by atoms with Crippen LogP contribution in [0.15, 0.2) is 47.7 Å². The van der Waals surface area contributed by atoms with E-state index in [0.717, 1.165) is 11.1 Å². The number of rotatable bonds is 5. The maximum absolute atomic E-state index is 13.3. The zero-order chi connectivity index (χ0) is 21.3. The number of amides is 1. The van der Waals surface area contributed by atoms with Crippen LogP contribution >= 0.6 is 0 Å². The predicted molar refractivity (Wildman–Crippen MR) is 105 cm³/mol. The minimum atomic E-state index is -3.68. The summed E-state index contributed by atoms with van der Waals surface area (Å²) in [5.74, 6) is -0.860. The highest BCUT2D eigenvalue weighted by Gasteiger charge is 2.43. The molecule has 0 saturated heterocycles. The second kappa shape index (κ2) is 7.54. The number of allylic oxidation sites excluding steroid dienone is 1. The van der Waals surface area contributed by atoms with Crippen molar-refractivity contribution in [2.75, 3.05) is 5.32 Å². The number of aliphatic hydroxyl groups is 1. The van der Waals surface area contributed by atoms with Gasteiger partial charge in [0, 0.05) is 11.4 Å². The van der Waals surface area contributed by atoms with Crippen molar-refractivity contribution in [3.63, 3.8) is 0 Å². The number of hydrogen-bond acceptors (Lipinski definition) is 5. The molecule has 1 heterocycles. The number of fused-ring (bicyclic) bond motifs is 1. The average molecular weight is 402 g/mol. The Morgan fingerprint density at radius 3 is 2.31 bits per heavy atom. The number of anilines is 1. The molecule has 0 aliphatic carbocycles. The van der Waals surface area contributed by atoms with Gasteiger partial charge in [-0.3, -0.25) is 4.79 Å². The van der Waals surface area contributed by atoms with Crippen LogP contribution in [0.3, 0.4) is 0 Å². The molecule has 0 bridgehead atoms. The number of hydrogen-bond donors (Lipinski definition) is 3. The van der Waals surface area contributed by atoms with Crippen molar-refractivity contribution in [1.82, 2.24) is 0 Å². The van der Waals surface area contributed by atoms with E-state index in [4.69, 9.17) is 5.41 Å². The molecular formula is C21H20F2N2O4. The molecule has 0 atom stereocenters. The van der Waals surface area contributed by atoms with Crippen molar-refractivity contribution < 1.29 is 28.2 Å². The molecule has 152 valence electrons. The lowest BCUT2D eigenvalue weighted by atomic mass is 9.99. The van der Waals surface area contributed by atoms with E-state index < -0.39 is 12.2 Å². The highest BCUT2D eigenvalue weighted by molar-refractivity contribution is 6.24. The van der Waals surface area contributed by atoms with E-state index in [2.05, 4.69) is 14.8 Å². The highest BCUT2D eigenvalue weighted by Crippen LogP contribution is 2.44. The Labute approximate surface area is 166 Å². The molecule has 0 aromatic heterocycles. The molecule has 2 aromatic rings. The third-order valence-electron chi connectivity index (χ3n) is 4.45. The summed E-state index contributed by atoms with van der Waals surface area (Å²) in [6, 6.07) is 9.70. The SMILES string of the molecule is CCC(=N)/C(C(=O)Nc1ccc(-c2cc3c(cc2C)OC(F)(F)O3)cc1)=C(/C)O. The third kappa shape index (κ3) is 4.21. The molecule has 3 N–H and O–H groups in total. The van der Waals surface area contributed by atoms with E-state index in [0.29, 0.717) is 17.7 Å². The summed E-state index contributed by atoms with van der Waals surface area (Å²) in [6.07, 6.45) is -3.37. The molecule has 29 heavy (non-hydrogen) atoms. The number of ether oxygens (including phenoxy) is 2. The third-order valence-corrected chi connectivity index (χ3v) is 4.45. The van der Waals surface area contributed by atoms with Crippen LogP contribution in [0.25, 0.3) is 11.1 Å². The number of alkyl halides is 2. The molecule has 1 aliphatic rings. The Bertz CT molecular complexity index is 1010. The smallest absolute Gasteiger partial charge is 0.512 e. The second-order valence-corrected chi connectivity index (χ2v) is 6.61. The highest BCUT2D eigenvalue weighted by atomic mass is 19.3. The van der Waals surface area contributed by atoms with E-state index in [-0.39, 0.29) is 28.5 Å². The van der Waals surface area contributed by atoms with Crippen molar-refractivity contribution in [3.8, 4) is 22.6 Å². The number of carbonyl (C=O) groups excluding carboxylic acids is 1. The van der Waals surface area contributed by atoms with E-state index >= 15 is 0 Å². The van der Waals surface area contributed by atoms with Crippen LogP contribution < -0.4 is 14.8 Å². The maximum atomic E-state index is 13.3. The van der Waals surface area contributed by atoms with Crippen LogP contribution in [0, 0.1) is 12.3 Å². The van der Waals surface area contributed by atoms with Crippen LogP contribution in [0.5, 0.6) is 11.5 Å². The Kier molecular flexibility index (Phi) is 5.28. The fourth-order valence-electron chi connectivity index (χ4n) is 3.03. The molecule has 0 radical (unpaired) electrons. The van der Waals surface area contributed by atoms with Crippen molar-refractivity contribution in [2.24, 2.45) is 0 Å². The summed E-state index contributed by atoms with van der Waals surface area (Å²) in [5, 5.41) is 20.2. The lowest BCUT2D eigenvalue weighted by Gasteiger charge is -2.12. The molecule has 0 spiro atoms. The Morgan fingerprint density at radius 1 is 1.17 bits per heavy atom. The molecule has 3 rings (SSSR count). The molecule has 0 saturated carbocycles. The van der Waals surface area contributed by atoms with Gasteiger partial charge in [-0.2, -0.15) is 0 Å². The Morgan fingerprint density at radius 2 is 1.76 bits per heavy atom. The largest absolute Gasteiger partial charge is 0.586 e. The second-order valence-electron chi connectivity index (χ2n) is 6.61. The number of aryl methyl sites for hydroxylation is 1. The van der Waals surface area contributed by atoms with Crippen molar-refractivity contribution in [1.29, 1.82) is 5.41 Å². The zero-order valence-corrected chi connectivity index (χ0v) is 16.1. The molecular weight excluding hydrogens is 382 g/mol. The summed E-state index contributed by atoms with van der Waals surface area (Å²) < 4.78 is 35.5. The normalized spacial score (nSPS) is 14.9. The van der Waals surface area contributed by atoms with Gasteiger partial charge in [0.15, 0.2) is 11.5 Å². The van der Waals surface area contributed by atoms with E-state index in [9.17, 15) is 18.7 Å². The molecule has 6 nitrogen and oxygen atoms in total. The monoisotopic (exact) mass is 402 g/mol. The molecule has 8 heteroatoms. The van der Waals surface area contributed by atoms with Gasteiger partial charge < -0.3 is 25.3 Å². The van der Waals surface area contributed by atoms with E-state index in [1.165, 1.54) is 19.1 Å². The summed E-state index contributed by atoms with van der Waals surface area (Å²) >= 11 is 0. The number of carbonyl (C=O) groups is 1. The van der Waals surface area contributed by atoms with Crippen LogP contribution in [-0.2, 0) is 4.79 Å². The van der Waals surface area contributed by atoms with Gasteiger partial charge in [-0.15, -0.1) is 8.78 Å².